The van der Waals surface area contributed by atoms with E-state index in [-0.39, 0.29) is 11.4 Å². The van der Waals surface area contributed by atoms with E-state index in [1.165, 1.54) is 5.57 Å². The van der Waals surface area contributed by atoms with Gasteiger partial charge >= 0.3 is 5.97 Å². The third-order valence-corrected chi connectivity index (χ3v) is 3.74. The fourth-order valence-electron chi connectivity index (χ4n) is 2.72. The fourth-order valence-corrected chi connectivity index (χ4v) is 2.72. The Labute approximate surface area is 110 Å². The molecule has 1 aliphatic rings. The van der Waals surface area contributed by atoms with Crippen molar-refractivity contribution in [2.45, 2.75) is 40.0 Å². The maximum Gasteiger partial charge on any atom is 0.312 e. The average molecular weight is 248 g/mol. The summed E-state index contributed by atoms with van der Waals surface area (Å²) in [6.45, 7) is 10.2. The van der Waals surface area contributed by atoms with Gasteiger partial charge in [0.05, 0.1) is 12.0 Å². The SMILES string of the molecule is C=CC1C[C@](C/C=C/C)(C(=O)OCC)C/C1=C\C. The van der Waals surface area contributed by atoms with Crippen LogP contribution in [0, 0.1) is 11.3 Å². The summed E-state index contributed by atoms with van der Waals surface area (Å²) >= 11 is 0. The summed E-state index contributed by atoms with van der Waals surface area (Å²) in [6.07, 6.45) is 10.5. The second kappa shape index (κ2) is 6.58. The van der Waals surface area contributed by atoms with Crippen LogP contribution in [-0.4, -0.2) is 12.6 Å². The molecule has 0 aromatic carbocycles. The molecular weight excluding hydrogens is 224 g/mol. The molecule has 2 nitrogen and oxygen atoms in total. The molecule has 0 aromatic rings. The topological polar surface area (TPSA) is 26.3 Å². The van der Waals surface area contributed by atoms with Gasteiger partial charge in [0.15, 0.2) is 0 Å². The van der Waals surface area contributed by atoms with Crippen LogP contribution < -0.4 is 0 Å². The number of esters is 1. The molecule has 0 aliphatic heterocycles. The summed E-state index contributed by atoms with van der Waals surface area (Å²) in [5.41, 5.74) is 0.922. The maximum atomic E-state index is 12.3. The molecule has 0 saturated heterocycles. The van der Waals surface area contributed by atoms with Crippen molar-refractivity contribution < 1.29 is 9.53 Å². The van der Waals surface area contributed by atoms with E-state index in [1.54, 1.807) is 0 Å². The second-order valence-corrected chi connectivity index (χ2v) is 4.86. The zero-order valence-electron chi connectivity index (χ0n) is 11.7. The van der Waals surface area contributed by atoms with E-state index in [2.05, 4.69) is 18.7 Å². The fraction of sp³-hybridized carbons (Fsp3) is 0.562. The minimum Gasteiger partial charge on any atom is -0.466 e. The van der Waals surface area contributed by atoms with Crippen molar-refractivity contribution in [3.8, 4) is 0 Å². The molecule has 0 radical (unpaired) electrons. The van der Waals surface area contributed by atoms with Crippen LogP contribution in [0.5, 0.6) is 0 Å². The molecule has 2 heteroatoms. The van der Waals surface area contributed by atoms with Crippen LogP contribution in [-0.2, 0) is 9.53 Å². The van der Waals surface area contributed by atoms with Gasteiger partial charge in [0, 0.05) is 0 Å². The van der Waals surface area contributed by atoms with Crippen molar-refractivity contribution in [2.75, 3.05) is 6.61 Å². The summed E-state index contributed by atoms with van der Waals surface area (Å²) in [7, 11) is 0. The Bertz CT molecular complexity index is 365. The van der Waals surface area contributed by atoms with Gasteiger partial charge in [-0.3, -0.25) is 4.79 Å². The second-order valence-electron chi connectivity index (χ2n) is 4.86. The minimum atomic E-state index is -0.386. The predicted molar refractivity (Wildman–Crippen MR) is 75.2 cm³/mol. The van der Waals surface area contributed by atoms with E-state index in [0.29, 0.717) is 12.5 Å². The van der Waals surface area contributed by atoms with Crippen LogP contribution in [0.25, 0.3) is 0 Å². The first-order chi connectivity index (χ1) is 8.63. The smallest absolute Gasteiger partial charge is 0.312 e. The van der Waals surface area contributed by atoms with Crippen molar-refractivity contribution in [3.63, 3.8) is 0 Å². The van der Waals surface area contributed by atoms with Gasteiger partial charge in [-0.05, 0) is 46.0 Å². The van der Waals surface area contributed by atoms with E-state index in [1.807, 2.05) is 32.9 Å². The predicted octanol–water partition coefficient (Wildman–Crippen LogP) is 4.04. The molecule has 0 bridgehead atoms. The van der Waals surface area contributed by atoms with Crippen molar-refractivity contribution >= 4 is 5.97 Å². The molecular formula is C16H24O2. The van der Waals surface area contributed by atoms with Crippen LogP contribution in [0.1, 0.15) is 40.0 Å². The third kappa shape index (κ3) is 2.92. The number of allylic oxidation sites excluding steroid dienone is 5. The zero-order chi connectivity index (χ0) is 13.6. The van der Waals surface area contributed by atoms with Crippen molar-refractivity contribution in [1.82, 2.24) is 0 Å². The molecule has 0 N–H and O–H groups in total. The lowest BCUT2D eigenvalue weighted by atomic mass is 9.81. The molecule has 18 heavy (non-hydrogen) atoms. The minimum absolute atomic E-state index is 0.0631. The molecule has 1 unspecified atom stereocenters. The van der Waals surface area contributed by atoms with Crippen LogP contribution in [0.3, 0.4) is 0 Å². The van der Waals surface area contributed by atoms with Gasteiger partial charge < -0.3 is 4.74 Å². The number of ether oxygens (including phenoxy) is 1. The van der Waals surface area contributed by atoms with E-state index < -0.39 is 0 Å². The van der Waals surface area contributed by atoms with E-state index in [0.717, 1.165) is 19.3 Å². The molecule has 1 rings (SSSR count). The molecule has 1 saturated carbocycles. The van der Waals surface area contributed by atoms with E-state index >= 15 is 0 Å². The molecule has 0 aromatic heterocycles. The first-order valence-corrected chi connectivity index (χ1v) is 6.69. The van der Waals surface area contributed by atoms with Crippen molar-refractivity contribution in [1.29, 1.82) is 0 Å². The lowest BCUT2D eigenvalue weighted by Crippen LogP contribution is -2.30. The number of carbonyl (C=O) groups excluding carboxylic acids is 1. The van der Waals surface area contributed by atoms with Crippen LogP contribution in [0.4, 0.5) is 0 Å². The molecule has 0 heterocycles. The van der Waals surface area contributed by atoms with E-state index in [4.69, 9.17) is 4.74 Å². The summed E-state index contributed by atoms with van der Waals surface area (Å²) < 4.78 is 5.28. The number of hydrogen-bond acceptors (Lipinski definition) is 2. The Morgan fingerprint density at radius 1 is 1.56 bits per heavy atom. The van der Waals surface area contributed by atoms with Crippen LogP contribution >= 0.6 is 0 Å². The Morgan fingerprint density at radius 2 is 2.28 bits per heavy atom. The van der Waals surface area contributed by atoms with Gasteiger partial charge in [-0.25, -0.2) is 0 Å². The Morgan fingerprint density at radius 3 is 2.72 bits per heavy atom. The molecule has 1 aliphatic carbocycles. The first-order valence-electron chi connectivity index (χ1n) is 6.69. The Kier molecular flexibility index (Phi) is 5.39. The van der Waals surface area contributed by atoms with Crippen LogP contribution in [0.2, 0.25) is 0 Å². The highest BCUT2D eigenvalue weighted by molar-refractivity contribution is 5.78. The highest BCUT2D eigenvalue weighted by Gasteiger charge is 2.46. The molecule has 100 valence electrons. The monoisotopic (exact) mass is 248 g/mol. The summed E-state index contributed by atoms with van der Waals surface area (Å²) in [6, 6.07) is 0. The van der Waals surface area contributed by atoms with Crippen molar-refractivity contribution in [3.05, 3.63) is 36.5 Å². The first kappa shape index (κ1) is 14.7. The number of rotatable bonds is 5. The standard InChI is InChI=1S/C16H24O2/c1-5-9-10-16(15(17)18-8-4)11-13(6-2)14(7-3)12-16/h5-7,9,13H,2,8,10-12H2,1,3-4H3/b9-5+,14-7+/t13?,16-/m0/s1. The summed E-state index contributed by atoms with van der Waals surface area (Å²) in [4.78, 5) is 12.3. The van der Waals surface area contributed by atoms with Gasteiger partial charge in [0.1, 0.15) is 0 Å². The number of carbonyl (C=O) groups is 1. The zero-order valence-corrected chi connectivity index (χ0v) is 11.7. The van der Waals surface area contributed by atoms with Crippen LogP contribution in [0.15, 0.2) is 36.5 Å². The van der Waals surface area contributed by atoms with Crippen molar-refractivity contribution in [2.24, 2.45) is 11.3 Å². The van der Waals surface area contributed by atoms with Gasteiger partial charge in [0.25, 0.3) is 0 Å². The lowest BCUT2D eigenvalue weighted by Gasteiger charge is -2.25. The normalized spacial score (nSPS) is 29.9. The Hall–Kier alpha value is -1.31. The highest BCUT2D eigenvalue weighted by Crippen LogP contribution is 2.49. The molecule has 0 amide bonds. The largest absolute Gasteiger partial charge is 0.466 e. The molecule has 2 atom stereocenters. The van der Waals surface area contributed by atoms with E-state index in [9.17, 15) is 4.79 Å². The quantitative estimate of drug-likeness (QED) is 0.542. The van der Waals surface area contributed by atoms with Gasteiger partial charge in [-0.1, -0.05) is 29.9 Å². The molecule has 0 spiro atoms. The number of hydrogen-bond donors (Lipinski definition) is 0. The summed E-state index contributed by atoms with van der Waals surface area (Å²) in [5, 5.41) is 0. The lowest BCUT2D eigenvalue weighted by molar-refractivity contribution is -0.155. The Balaban J connectivity index is 3.00. The average Bonchev–Trinajstić information content (AvgIpc) is 2.76. The maximum absolute atomic E-state index is 12.3. The summed E-state index contributed by atoms with van der Waals surface area (Å²) in [5.74, 6) is 0.247. The third-order valence-electron chi connectivity index (χ3n) is 3.74. The molecule has 1 fully saturated rings. The highest BCUT2D eigenvalue weighted by atomic mass is 16.5. The van der Waals surface area contributed by atoms with Gasteiger partial charge in [0.2, 0.25) is 0 Å². The van der Waals surface area contributed by atoms with Gasteiger partial charge in [-0.2, -0.15) is 0 Å². The van der Waals surface area contributed by atoms with Gasteiger partial charge in [-0.15, -0.1) is 6.58 Å².